The Hall–Kier alpha value is -2.09. The number of halogens is 1. The maximum Gasteiger partial charge on any atom is 0.253 e. The maximum absolute atomic E-state index is 12.7. The van der Waals surface area contributed by atoms with E-state index in [2.05, 4.69) is 28.8 Å². The summed E-state index contributed by atoms with van der Waals surface area (Å²) < 4.78 is 28.1. The molecule has 0 aromatic heterocycles. The molecule has 2 N–H and O–H groups in total. The van der Waals surface area contributed by atoms with Crippen molar-refractivity contribution in [3.8, 4) is 0 Å². The van der Waals surface area contributed by atoms with Crippen LogP contribution in [0.3, 0.4) is 0 Å². The van der Waals surface area contributed by atoms with Crippen LogP contribution in [0.1, 0.15) is 43.5 Å². The number of amides is 1. The van der Waals surface area contributed by atoms with Gasteiger partial charge in [0.1, 0.15) is 0 Å². The second kappa shape index (κ2) is 10.5. The molecule has 0 spiro atoms. The molecular formula is C23H30ClN3O3S. The van der Waals surface area contributed by atoms with Crippen LogP contribution in [0.4, 0.5) is 5.69 Å². The normalized spacial score (nSPS) is 16.2. The van der Waals surface area contributed by atoms with Gasteiger partial charge in [0, 0.05) is 36.4 Å². The minimum absolute atomic E-state index is 0.0681. The van der Waals surface area contributed by atoms with Gasteiger partial charge in [0.05, 0.1) is 10.5 Å². The Morgan fingerprint density at radius 3 is 2.42 bits per heavy atom. The Kier molecular flexibility index (Phi) is 7.97. The van der Waals surface area contributed by atoms with Crippen molar-refractivity contribution in [3.63, 3.8) is 0 Å². The highest BCUT2D eigenvalue weighted by molar-refractivity contribution is 7.89. The molecule has 168 valence electrons. The number of rotatable bonds is 8. The minimum atomic E-state index is -3.59. The minimum Gasteiger partial charge on any atom is -0.371 e. The molecule has 1 amide bonds. The van der Waals surface area contributed by atoms with Crippen molar-refractivity contribution in [2.75, 3.05) is 24.5 Å². The molecule has 1 atom stereocenters. The number of piperidine rings is 1. The van der Waals surface area contributed by atoms with Gasteiger partial charge in [-0.3, -0.25) is 4.79 Å². The molecule has 1 saturated heterocycles. The van der Waals surface area contributed by atoms with E-state index in [-0.39, 0.29) is 16.8 Å². The molecule has 1 aliphatic rings. The summed E-state index contributed by atoms with van der Waals surface area (Å²) in [5.41, 5.74) is 1.55. The lowest BCUT2D eigenvalue weighted by atomic mass is 10.0. The average molecular weight is 464 g/mol. The van der Waals surface area contributed by atoms with E-state index in [0.29, 0.717) is 49.0 Å². The maximum atomic E-state index is 12.7. The van der Waals surface area contributed by atoms with Crippen LogP contribution < -0.4 is 14.9 Å². The van der Waals surface area contributed by atoms with Crippen LogP contribution in [-0.4, -0.2) is 40.0 Å². The van der Waals surface area contributed by atoms with Crippen molar-refractivity contribution >= 4 is 33.2 Å². The number of carbonyl (C=O) groups is 1. The van der Waals surface area contributed by atoms with E-state index in [1.165, 1.54) is 12.1 Å². The largest absolute Gasteiger partial charge is 0.371 e. The molecule has 2 aromatic carbocycles. The molecule has 1 heterocycles. The quantitative estimate of drug-likeness (QED) is 0.618. The number of benzene rings is 2. The number of para-hydroxylation sites is 1. The molecule has 8 heteroatoms. The summed E-state index contributed by atoms with van der Waals surface area (Å²) in [4.78, 5) is 15.1. The lowest BCUT2D eigenvalue weighted by Gasteiger charge is -2.34. The highest BCUT2D eigenvalue weighted by Crippen LogP contribution is 2.25. The first-order valence-electron chi connectivity index (χ1n) is 10.7. The number of sulfonamides is 1. The molecule has 3 rings (SSSR count). The number of nitrogens with zero attached hydrogens (tertiary/aromatic N) is 1. The zero-order chi connectivity index (χ0) is 22.4. The smallest absolute Gasteiger partial charge is 0.253 e. The second-order valence-electron chi connectivity index (χ2n) is 8.08. The highest BCUT2D eigenvalue weighted by atomic mass is 35.5. The van der Waals surface area contributed by atoms with E-state index < -0.39 is 10.0 Å². The summed E-state index contributed by atoms with van der Waals surface area (Å²) in [7, 11) is -3.59. The van der Waals surface area contributed by atoms with E-state index in [4.69, 9.17) is 11.6 Å². The van der Waals surface area contributed by atoms with Crippen molar-refractivity contribution in [2.24, 2.45) is 5.92 Å². The molecule has 1 fully saturated rings. The third-order valence-electron chi connectivity index (χ3n) is 5.74. The first kappa shape index (κ1) is 23.6. The number of carbonyl (C=O) groups excluding carboxylic acids is 1. The molecule has 2 aromatic rings. The van der Waals surface area contributed by atoms with Crippen molar-refractivity contribution in [2.45, 2.75) is 44.0 Å². The lowest BCUT2D eigenvalue weighted by Crippen LogP contribution is -2.45. The van der Waals surface area contributed by atoms with Gasteiger partial charge in [-0.15, -0.1) is 0 Å². The summed E-state index contributed by atoms with van der Waals surface area (Å²) in [6.45, 7) is 6.21. The standard InChI is InChI=1S/C23H30ClN3O3S/c1-3-17(2)16-25-23(28)21-6-4-5-7-22(21)27-14-12-19(13-15-27)26-31(29,30)20-10-8-18(24)9-11-20/h4-11,17,19,26H,3,12-16H2,1-2H3,(H,25,28)/t17-/m1/s1. The Balaban J connectivity index is 1.62. The first-order valence-corrected chi connectivity index (χ1v) is 12.6. The first-order chi connectivity index (χ1) is 14.8. The molecular weight excluding hydrogens is 434 g/mol. The van der Waals surface area contributed by atoms with Crippen LogP contribution >= 0.6 is 11.6 Å². The van der Waals surface area contributed by atoms with Gasteiger partial charge in [0.15, 0.2) is 0 Å². The fraction of sp³-hybridized carbons (Fsp3) is 0.435. The summed E-state index contributed by atoms with van der Waals surface area (Å²) in [5, 5.41) is 3.52. The summed E-state index contributed by atoms with van der Waals surface area (Å²) in [5.74, 6) is 0.363. The molecule has 6 nitrogen and oxygen atoms in total. The number of hydrogen-bond acceptors (Lipinski definition) is 4. The van der Waals surface area contributed by atoms with E-state index in [0.717, 1.165) is 12.1 Å². The van der Waals surface area contributed by atoms with Crippen LogP contribution in [0, 0.1) is 5.92 Å². The van der Waals surface area contributed by atoms with Crippen molar-refractivity contribution in [3.05, 3.63) is 59.1 Å². The van der Waals surface area contributed by atoms with Gasteiger partial charge < -0.3 is 10.2 Å². The predicted molar refractivity (Wildman–Crippen MR) is 125 cm³/mol. The van der Waals surface area contributed by atoms with E-state index >= 15 is 0 Å². The SMILES string of the molecule is CC[C@@H](C)CNC(=O)c1ccccc1N1CCC(NS(=O)(=O)c2ccc(Cl)cc2)CC1. The Morgan fingerprint density at radius 2 is 1.77 bits per heavy atom. The van der Waals surface area contributed by atoms with Crippen molar-refractivity contribution in [1.82, 2.24) is 10.0 Å². The molecule has 0 aliphatic carbocycles. The van der Waals surface area contributed by atoms with Gasteiger partial charge >= 0.3 is 0 Å². The van der Waals surface area contributed by atoms with Gasteiger partial charge in [0.2, 0.25) is 10.0 Å². The summed E-state index contributed by atoms with van der Waals surface area (Å²) >= 11 is 5.86. The van der Waals surface area contributed by atoms with Crippen molar-refractivity contribution in [1.29, 1.82) is 0 Å². The van der Waals surface area contributed by atoms with Gasteiger partial charge in [0.25, 0.3) is 5.91 Å². The monoisotopic (exact) mass is 463 g/mol. The molecule has 0 radical (unpaired) electrons. The molecule has 31 heavy (non-hydrogen) atoms. The highest BCUT2D eigenvalue weighted by Gasteiger charge is 2.26. The van der Waals surface area contributed by atoms with Crippen LogP contribution in [0.5, 0.6) is 0 Å². The molecule has 0 unspecified atom stereocenters. The van der Waals surface area contributed by atoms with E-state index in [1.54, 1.807) is 12.1 Å². The van der Waals surface area contributed by atoms with Crippen LogP contribution in [0.15, 0.2) is 53.4 Å². The third-order valence-corrected chi connectivity index (χ3v) is 7.53. The molecule has 0 saturated carbocycles. The Bertz CT molecular complexity index is 987. The van der Waals surface area contributed by atoms with Gasteiger partial charge in [-0.25, -0.2) is 13.1 Å². The summed E-state index contributed by atoms with van der Waals surface area (Å²) in [6.07, 6.45) is 2.34. The van der Waals surface area contributed by atoms with Gasteiger partial charge in [-0.05, 0) is 55.2 Å². The van der Waals surface area contributed by atoms with E-state index in [9.17, 15) is 13.2 Å². The van der Waals surface area contributed by atoms with E-state index in [1.807, 2.05) is 24.3 Å². The molecule has 1 aliphatic heterocycles. The zero-order valence-corrected chi connectivity index (χ0v) is 19.5. The number of hydrogen-bond donors (Lipinski definition) is 2. The fourth-order valence-corrected chi connectivity index (χ4v) is 5.02. The third kappa shape index (κ3) is 6.21. The predicted octanol–water partition coefficient (Wildman–Crippen LogP) is 4.06. The van der Waals surface area contributed by atoms with Crippen LogP contribution in [-0.2, 0) is 10.0 Å². The summed E-state index contributed by atoms with van der Waals surface area (Å²) in [6, 6.07) is 13.6. The van der Waals surface area contributed by atoms with Crippen LogP contribution in [0.2, 0.25) is 5.02 Å². The average Bonchev–Trinajstić information content (AvgIpc) is 2.77. The fourth-order valence-electron chi connectivity index (χ4n) is 3.59. The van der Waals surface area contributed by atoms with Gasteiger partial charge in [-0.2, -0.15) is 0 Å². The van der Waals surface area contributed by atoms with Crippen molar-refractivity contribution < 1.29 is 13.2 Å². The number of nitrogens with one attached hydrogen (secondary N) is 2. The Labute approximate surface area is 190 Å². The second-order valence-corrected chi connectivity index (χ2v) is 10.2. The Morgan fingerprint density at radius 1 is 1.13 bits per heavy atom. The number of anilines is 1. The molecule has 0 bridgehead atoms. The topological polar surface area (TPSA) is 78.5 Å². The van der Waals surface area contributed by atoms with Crippen LogP contribution in [0.25, 0.3) is 0 Å². The van der Waals surface area contributed by atoms with Gasteiger partial charge in [-0.1, -0.05) is 44.0 Å². The lowest BCUT2D eigenvalue weighted by molar-refractivity contribution is 0.0948. The zero-order valence-electron chi connectivity index (χ0n) is 18.0.